The first kappa shape index (κ1) is 19.9. The molecule has 3 aromatic heterocycles. The van der Waals surface area contributed by atoms with Gasteiger partial charge in [0.2, 0.25) is 0 Å². The van der Waals surface area contributed by atoms with Crippen molar-refractivity contribution < 1.29 is 9.47 Å². The van der Waals surface area contributed by atoms with Crippen molar-refractivity contribution in [2.75, 3.05) is 13.7 Å². The second-order valence-corrected chi connectivity index (χ2v) is 8.60. The maximum atomic E-state index is 13.5. The molecular formula is C24H20ClN5O3. The first-order valence-corrected chi connectivity index (χ1v) is 10.8. The minimum atomic E-state index is -0.343. The molecule has 9 heteroatoms. The van der Waals surface area contributed by atoms with Crippen molar-refractivity contribution in [3.05, 3.63) is 70.0 Å². The Balaban J connectivity index is 1.75. The zero-order valence-electron chi connectivity index (χ0n) is 18.2. The van der Waals surface area contributed by atoms with Crippen molar-refractivity contribution in [2.45, 2.75) is 6.04 Å². The summed E-state index contributed by atoms with van der Waals surface area (Å²) in [5, 5.41) is 5.75. The average molecular weight is 462 g/mol. The van der Waals surface area contributed by atoms with Crippen LogP contribution in [0.2, 0.25) is 5.02 Å². The molecule has 8 nitrogen and oxygen atoms in total. The number of pyridine rings is 1. The number of hydrogen-bond donors (Lipinski definition) is 0. The monoisotopic (exact) mass is 461 g/mol. The number of benzene rings is 2. The molecule has 2 aromatic carbocycles. The van der Waals surface area contributed by atoms with Gasteiger partial charge in [-0.15, -0.1) is 0 Å². The largest absolute Gasteiger partial charge is 0.496 e. The van der Waals surface area contributed by atoms with E-state index in [2.05, 4.69) is 10.1 Å². The van der Waals surface area contributed by atoms with Crippen LogP contribution >= 0.6 is 11.6 Å². The Morgan fingerprint density at radius 3 is 2.67 bits per heavy atom. The molecule has 0 N–H and O–H groups in total. The van der Waals surface area contributed by atoms with E-state index in [1.165, 1.54) is 0 Å². The number of methoxy groups -OCH3 is 1. The third-order valence-corrected chi connectivity index (χ3v) is 6.54. The molecule has 1 aliphatic heterocycles. The second-order valence-electron chi connectivity index (χ2n) is 8.16. The molecule has 0 saturated carbocycles. The SMILES string of the molecule is COc1cc2ncc3c4c2c(c1-c1cnn(C)c1)OCC(c1ccc(Cl)cc1)n4c(=O)n3C. The highest BCUT2D eigenvalue weighted by Gasteiger charge is 2.31. The number of rotatable bonds is 3. The molecule has 166 valence electrons. The van der Waals surface area contributed by atoms with Gasteiger partial charge < -0.3 is 9.47 Å². The molecule has 1 unspecified atom stereocenters. The van der Waals surface area contributed by atoms with E-state index in [0.717, 1.165) is 33.1 Å². The van der Waals surface area contributed by atoms with Crippen LogP contribution in [0, 0.1) is 0 Å². The quantitative estimate of drug-likeness (QED) is 0.407. The smallest absolute Gasteiger partial charge is 0.329 e. The van der Waals surface area contributed by atoms with E-state index < -0.39 is 0 Å². The normalized spacial score (nSPS) is 15.2. The summed E-state index contributed by atoms with van der Waals surface area (Å²) in [5.41, 5.74) is 4.66. The maximum Gasteiger partial charge on any atom is 0.329 e. The van der Waals surface area contributed by atoms with E-state index in [-0.39, 0.29) is 18.3 Å². The fraction of sp³-hybridized carbons (Fsp3) is 0.208. The molecule has 1 atom stereocenters. The summed E-state index contributed by atoms with van der Waals surface area (Å²) in [7, 11) is 5.25. The highest BCUT2D eigenvalue weighted by Crippen LogP contribution is 2.47. The number of aryl methyl sites for hydroxylation is 2. The van der Waals surface area contributed by atoms with Gasteiger partial charge >= 0.3 is 5.69 Å². The van der Waals surface area contributed by atoms with Gasteiger partial charge in [-0.3, -0.25) is 18.8 Å². The first-order chi connectivity index (χ1) is 16.0. The number of aromatic nitrogens is 5. The van der Waals surface area contributed by atoms with Crippen LogP contribution in [0.25, 0.3) is 33.1 Å². The molecule has 0 saturated heterocycles. The van der Waals surface area contributed by atoms with Crippen LogP contribution in [0.15, 0.2) is 53.7 Å². The highest BCUT2D eigenvalue weighted by molar-refractivity contribution is 6.30. The van der Waals surface area contributed by atoms with Crippen molar-refractivity contribution >= 4 is 33.5 Å². The second kappa shape index (κ2) is 7.11. The van der Waals surface area contributed by atoms with Crippen molar-refractivity contribution in [2.24, 2.45) is 14.1 Å². The predicted molar refractivity (Wildman–Crippen MR) is 126 cm³/mol. The third kappa shape index (κ3) is 2.80. The fourth-order valence-electron chi connectivity index (χ4n) is 4.71. The Hall–Kier alpha value is -3.78. The van der Waals surface area contributed by atoms with Crippen LogP contribution < -0.4 is 15.2 Å². The molecule has 6 rings (SSSR count). The molecule has 1 aliphatic rings. The molecule has 0 fully saturated rings. The standard InChI is InChI=1S/C24H20ClN5O3/c1-28-11-14(9-27-28)20-19(32-3)8-16-21-22-17(10-26-16)29(2)24(31)30(22)18(12-33-23(20)21)13-4-6-15(25)7-5-13/h4-11,18H,12H2,1-3H3. The van der Waals surface area contributed by atoms with Crippen molar-refractivity contribution in [1.82, 2.24) is 23.9 Å². The topological polar surface area (TPSA) is 76.1 Å². The molecule has 5 aromatic rings. The average Bonchev–Trinajstić information content (AvgIpc) is 3.29. The Morgan fingerprint density at radius 1 is 1.18 bits per heavy atom. The van der Waals surface area contributed by atoms with Gasteiger partial charge in [-0.05, 0) is 17.7 Å². The summed E-state index contributed by atoms with van der Waals surface area (Å²) in [4.78, 5) is 18.1. The fourth-order valence-corrected chi connectivity index (χ4v) is 4.83. The Labute approximate surface area is 193 Å². The zero-order chi connectivity index (χ0) is 22.9. The number of halogens is 1. The van der Waals surface area contributed by atoms with Gasteiger partial charge in [0.05, 0.1) is 53.0 Å². The minimum absolute atomic E-state index is 0.130. The molecule has 0 aliphatic carbocycles. The van der Waals surface area contributed by atoms with E-state index in [1.54, 1.807) is 40.4 Å². The van der Waals surface area contributed by atoms with E-state index in [1.807, 2.05) is 43.6 Å². The van der Waals surface area contributed by atoms with Crippen LogP contribution in [0.3, 0.4) is 0 Å². The predicted octanol–water partition coefficient (Wildman–Crippen LogP) is 3.93. The summed E-state index contributed by atoms with van der Waals surface area (Å²) >= 11 is 6.13. The van der Waals surface area contributed by atoms with Gasteiger partial charge in [-0.1, -0.05) is 23.7 Å². The number of ether oxygens (including phenoxy) is 2. The zero-order valence-corrected chi connectivity index (χ0v) is 19.0. The van der Waals surface area contributed by atoms with Crippen LogP contribution in [0.1, 0.15) is 11.6 Å². The van der Waals surface area contributed by atoms with Gasteiger partial charge in [-0.2, -0.15) is 5.10 Å². The van der Waals surface area contributed by atoms with Crippen LogP contribution in [-0.4, -0.2) is 37.6 Å². The highest BCUT2D eigenvalue weighted by atomic mass is 35.5. The molecule has 0 spiro atoms. The van der Waals surface area contributed by atoms with Gasteiger partial charge in [0.15, 0.2) is 0 Å². The lowest BCUT2D eigenvalue weighted by Gasteiger charge is -2.19. The van der Waals surface area contributed by atoms with Crippen LogP contribution in [-0.2, 0) is 14.1 Å². The van der Waals surface area contributed by atoms with E-state index in [0.29, 0.717) is 22.0 Å². The van der Waals surface area contributed by atoms with Gasteiger partial charge in [0.25, 0.3) is 0 Å². The summed E-state index contributed by atoms with van der Waals surface area (Å²) in [6.07, 6.45) is 5.42. The number of imidazole rings is 1. The van der Waals surface area contributed by atoms with Gasteiger partial charge in [-0.25, -0.2) is 4.79 Å². The molecule has 0 bridgehead atoms. The van der Waals surface area contributed by atoms with Crippen molar-refractivity contribution in [3.8, 4) is 22.6 Å². The van der Waals surface area contributed by atoms with E-state index in [4.69, 9.17) is 21.1 Å². The van der Waals surface area contributed by atoms with E-state index >= 15 is 0 Å². The summed E-state index contributed by atoms with van der Waals surface area (Å²) in [6.45, 7) is 0.255. The van der Waals surface area contributed by atoms with E-state index in [9.17, 15) is 4.79 Å². The molecule has 4 heterocycles. The lowest BCUT2D eigenvalue weighted by atomic mass is 10.0. The summed E-state index contributed by atoms with van der Waals surface area (Å²) in [5.74, 6) is 1.26. The van der Waals surface area contributed by atoms with Gasteiger partial charge in [0.1, 0.15) is 18.1 Å². The lowest BCUT2D eigenvalue weighted by molar-refractivity contribution is 0.278. The summed E-state index contributed by atoms with van der Waals surface area (Å²) < 4.78 is 17.4. The lowest BCUT2D eigenvalue weighted by Crippen LogP contribution is -2.29. The third-order valence-electron chi connectivity index (χ3n) is 6.29. The van der Waals surface area contributed by atoms with Crippen molar-refractivity contribution in [3.63, 3.8) is 0 Å². The molecule has 0 amide bonds. The Bertz CT molecular complexity index is 1610. The molecular weight excluding hydrogens is 442 g/mol. The summed E-state index contributed by atoms with van der Waals surface area (Å²) in [6, 6.07) is 9.05. The first-order valence-electron chi connectivity index (χ1n) is 10.5. The van der Waals surface area contributed by atoms with Gasteiger partial charge in [0, 0.05) is 36.9 Å². The number of hydrogen-bond acceptors (Lipinski definition) is 5. The minimum Gasteiger partial charge on any atom is -0.496 e. The Morgan fingerprint density at radius 2 is 1.97 bits per heavy atom. The number of nitrogens with zero attached hydrogens (tertiary/aromatic N) is 5. The van der Waals surface area contributed by atoms with Crippen molar-refractivity contribution in [1.29, 1.82) is 0 Å². The molecule has 0 radical (unpaired) electrons. The molecule has 33 heavy (non-hydrogen) atoms. The van der Waals surface area contributed by atoms with Crippen LogP contribution in [0.4, 0.5) is 0 Å². The Kier molecular flexibility index (Phi) is 4.28. The maximum absolute atomic E-state index is 13.5. The van der Waals surface area contributed by atoms with Crippen LogP contribution in [0.5, 0.6) is 11.5 Å².